The summed E-state index contributed by atoms with van der Waals surface area (Å²) in [6, 6.07) is 3.63. The quantitative estimate of drug-likeness (QED) is 0.847. The zero-order chi connectivity index (χ0) is 15.8. The molecule has 1 amide bonds. The highest BCUT2D eigenvalue weighted by Crippen LogP contribution is 2.34. The molecule has 122 valence electrons. The Kier molecular flexibility index (Phi) is 3.65. The summed E-state index contributed by atoms with van der Waals surface area (Å²) in [6.45, 7) is 3.22. The molecular weight excluding hydrogens is 298 g/mol. The number of fused-ring (bicyclic) bond motifs is 1. The number of hydrogen-bond donors (Lipinski definition) is 0. The zero-order valence-electron chi connectivity index (χ0n) is 13.0. The van der Waals surface area contributed by atoms with Crippen molar-refractivity contribution in [3.05, 3.63) is 35.9 Å². The topological polar surface area (TPSA) is 81.6 Å². The van der Waals surface area contributed by atoms with E-state index >= 15 is 0 Å². The second kappa shape index (κ2) is 5.81. The number of carbonyl (C=O) groups excluding carboxylic acids is 1. The Morgan fingerprint density at radius 2 is 2.35 bits per heavy atom. The number of nitrogens with zero attached hydrogens (tertiary/aromatic N) is 3. The van der Waals surface area contributed by atoms with Crippen LogP contribution in [-0.2, 0) is 22.4 Å². The molecule has 0 unspecified atom stereocenters. The number of rotatable bonds is 4. The smallest absolute Gasteiger partial charge is 0.230 e. The van der Waals surface area contributed by atoms with Gasteiger partial charge in [0.15, 0.2) is 5.82 Å². The maximum atomic E-state index is 12.3. The first-order valence-electron chi connectivity index (χ1n) is 7.92. The molecule has 2 aromatic heterocycles. The predicted molar refractivity (Wildman–Crippen MR) is 78.5 cm³/mol. The van der Waals surface area contributed by atoms with Crippen molar-refractivity contribution in [3.8, 4) is 0 Å². The molecule has 2 fully saturated rings. The summed E-state index contributed by atoms with van der Waals surface area (Å²) in [7, 11) is 0. The minimum absolute atomic E-state index is 0.0991. The monoisotopic (exact) mass is 317 g/mol. The minimum atomic E-state index is 0.0991. The van der Waals surface area contributed by atoms with Crippen LogP contribution in [0.1, 0.15) is 23.9 Å². The Morgan fingerprint density at radius 1 is 1.43 bits per heavy atom. The van der Waals surface area contributed by atoms with Crippen LogP contribution >= 0.6 is 0 Å². The molecule has 0 radical (unpaired) electrons. The van der Waals surface area contributed by atoms with Crippen LogP contribution in [-0.4, -0.2) is 46.2 Å². The van der Waals surface area contributed by atoms with Gasteiger partial charge in [0, 0.05) is 19.0 Å². The molecule has 2 aliphatic rings. The van der Waals surface area contributed by atoms with E-state index in [-0.39, 0.29) is 18.1 Å². The summed E-state index contributed by atoms with van der Waals surface area (Å²) in [4.78, 5) is 18.4. The highest BCUT2D eigenvalue weighted by atomic mass is 16.5. The van der Waals surface area contributed by atoms with Gasteiger partial charge in [0.1, 0.15) is 5.76 Å². The molecule has 4 heterocycles. The van der Waals surface area contributed by atoms with Crippen LogP contribution in [0, 0.1) is 12.8 Å². The van der Waals surface area contributed by atoms with Gasteiger partial charge in [-0.25, -0.2) is 0 Å². The second-order valence-electron chi connectivity index (χ2n) is 6.29. The standard InChI is InChI=1S/C16H19N3O4/c1-10-17-15(23-18-10)6-13-5-11-8-19(9-14(11)22-13)16(20)7-12-3-2-4-21-12/h2-4,11,13-14H,5-9H2,1H3/t11-,13+,14+/m0/s1. The summed E-state index contributed by atoms with van der Waals surface area (Å²) in [5.74, 6) is 2.47. The van der Waals surface area contributed by atoms with Crippen LogP contribution in [0.5, 0.6) is 0 Å². The summed E-state index contributed by atoms with van der Waals surface area (Å²) in [5.41, 5.74) is 0. The minimum Gasteiger partial charge on any atom is -0.469 e. The van der Waals surface area contributed by atoms with Crippen LogP contribution < -0.4 is 0 Å². The molecule has 0 N–H and O–H groups in total. The average molecular weight is 317 g/mol. The third kappa shape index (κ3) is 3.01. The van der Waals surface area contributed by atoms with Gasteiger partial charge in [-0.3, -0.25) is 4.79 Å². The predicted octanol–water partition coefficient (Wildman–Crippen LogP) is 1.37. The summed E-state index contributed by atoms with van der Waals surface area (Å²) in [5, 5.41) is 3.80. The van der Waals surface area contributed by atoms with Gasteiger partial charge in [-0.2, -0.15) is 4.98 Å². The average Bonchev–Trinajstić information content (AvgIpc) is 3.23. The third-order valence-corrected chi connectivity index (χ3v) is 4.54. The molecule has 2 aliphatic heterocycles. The molecule has 0 aliphatic carbocycles. The van der Waals surface area contributed by atoms with Gasteiger partial charge < -0.3 is 18.6 Å². The Morgan fingerprint density at radius 3 is 3.04 bits per heavy atom. The number of likely N-dealkylation sites (tertiary alicyclic amines) is 1. The molecule has 7 nitrogen and oxygen atoms in total. The second-order valence-corrected chi connectivity index (χ2v) is 6.29. The van der Waals surface area contributed by atoms with Crippen molar-refractivity contribution < 1.29 is 18.5 Å². The Hall–Kier alpha value is -2.15. The Balaban J connectivity index is 1.30. The van der Waals surface area contributed by atoms with E-state index in [0.717, 1.165) is 13.0 Å². The number of ether oxygens (including phenoxy) is 1. The number of carbonyl (C=O) groups is 1. The van der Waals surface area contributed by atoms with Crippen molar-refractivity contribution in [2.45, 2.75) is 38.4 Å². The van der Waals surface area contributed by atoms with Crippen molar-refractivity contribution in [2.75, 3.05) is 13.1 Å². The summed E-state index contributed by atoms with van der Waals surface area (Å²) < 4.78 is 16.5. The van der Waals surface area contributed by atoms with Gasteiger partial charge in [-0.05, 0) is 25.5 Å². The highest BCUT2D eigenvalue weighted by Gasteiger charge is 2.43. The lowest BCUT2D eigenvalue weighted by Gasteiger charge is -2.18. The molecule has 0 bridgehead atoms. The fourth-order valence-corrected chi connectivity index (χ4v) is 3.49. The SMILES string of the molecule is Cc1noc(C[C@H]2C[C@H]3CN(C(=O)Cc4ccco4)C[C@H]3O2)n1. The molecule has 23 heavy (non-hydrogen) atoms. The fraction of sp³-hybridized carbons (Fsp3) is 0.562. The lowest BCUT2D eigenvalue weighted by atomic mass is 10.0. The maximum absolute atomic E-state index is 12.3. The van der Waals surface area contributed by atoms with E-state index in [1.165, 1.54) is 0 Å². The van der Waals surface area contributed by atoms with Gasteiger partial charge in [0.2, 0.25) is 11.8 Å². The van der Waals surface area contributed by atoms with Crippen LogP contribution in [0.3, 0.4) is 0 Å². The molecular formula is C16H19N3O4. The van der Waals surface area contributed by atoms with Crippen molar-refractivity contribution in [2.24, 2.45) is 5.92 Å². The van der Waals surface area contributed by atoms with Crippen LogP contribution in [0.2, 0.25) is 0 Å². The molecule has 2 aromatic rings. The van der Waals surface area contributed by atoms with Gasteiger partial charge in [0.25, 0.3) is 0 Å². The van der Waals surface area contributed by atoms with Crippen LogP contribution in [0.4, 0.5) is 0 Å². The molecule has 4 rings (SSSR count). The molecule has 0 spiro atoms. The summed E-state index contributed by atoms with van der Waals surface area (Å²) >= 11 is 0. The largest absolute Gasteiger partial charge is 0.469 e. The molecule has 0 aromatic carbocycles. The zero-order valence-corrected chi connectivity index (χ0v) is 13.0. The molecule has 7 heteroatoms. The number of hydrogen-bond acceptors (Lipinski definition) is 6. The lowest BCUT2D eigenvalue weighted by molar-refractivity contribution is -0.130. The molecule has 2 saturated heterocycles. The fourth-order valence-electron chi connectivity index (χ4n) is 3.49. The Labute approximate surface area is 133 Å². The first kappa shape index (κ1) is 14.4. The van der Waals surface area contributed by atoms with E-state index in [0.29, 0.717) is 42.8 Å². The van der Waals surface area contributed by atoms with E-state index in [2.05, 4.69) is 10.1 Å². The van der Waals surface area contributed by atoms with Crippen molar-refractivity contribution >= 4 is 5.91 Å². The number of amides is 1. The van der Waals surface area contributed by atoms with Crippen molar-refractivity contribution in [3.63, 3.8) is 0 Å². The molecule has 3 atom stereocenters. The van der Waals surface area contributed by atoms with Crippen LogP contribution in [0.15, 0.2) is 27.3 Å². The van der Waals surface area contributed by atoms with E-state index in [9.17, 15) is 4.79 Å². The van der Waals surface area contributed by atoms with Gasteiger partial charge in [-0.15, -0.1) is 0 Å². The highest BCUT2D eigenvalue weighted by molar-refractivity contribution is 5.78. The van der Waals surface area contributed by atoms with Crippen molar-refractivity contribution in [1.29, 1.82) is 0 Å². The maximum Gasteiger partial charge on any atom is 0.230 e. The van der Waals surface area contributed by atoms with Gasteiger partial charge in [0.05, 0.1) is 31.3 Å². The normalized spacial score (nSPS) is 26.7. The summed E-state index contributed by atoms with van der Waals surface area (Å²) in [6.07, 6.45) is 3.70. The first-order valence-corrected chi connectivity index (χ1v) is 7.92. The first-order chi connectivity index (χ1) is 11.2. The molecule has 0 saturated carbocycles. The number of furan rings is 1. The number of aryl methyl sites for hydroxylation is 1. The van der Waals surface area contributed by atoms with E-state index in [1.54, 1.807) is 19.3 Å². The van der Waals surface area contributed by atoms with Gasteiger partial charge in [-0.1, -0.05) is 5.16 Å². The number of aromatic nitrogens is 2. The van der Waals surface area contributed by atoms with E-state index in [4.69, 9.17) is 13.7 Å². The van der Waals surface area contributed by atoms with Gasteiger partial charge >= 0.3 is 0 Å². The van der Waals surface area contributed by atoms with E-state index in [1.807, 2.05) is 11.0 Å². The Bertz CT molecular complexity index is 667. The lowest BCUT2D eigenvalue weighted by Crippen LogP contribution is -2.32. The van der Waals surface area contributed by atoms with E-state index < -0.39 is 0 Å². The van der Waals surface area contributed by atoms with Crippen LogP contribution in [0.25, 0.3) is 0 Å². The van der Waals surface area contributed by atoms with Crippen molar-refractivity contribution in [1.82, 2.24) is 15.0 Å². The third-order valence-electron chi connectivity index (χ3n) is 4.54.